The highest BCUT2D eigenvalue weighted by atomic mass is 127. The minimum Gasteiger partial charge on any atom is -0.384 e. The van der Waals surface area contributed by atoms with Crippen molar-refractivity contribution in [3.63, 3.8) is 0 Å². The van der Waals surface area contributed by atoms with Crippen LogP contribution in [-0.4, -0.2) is 18.3 Å². The van der Waals surface area contributed by atoms with Crippen LogP contribution in [0, 0.1) is 3.57 Å². The van der Waals surface area contributed by atoms with Gasteiger partial charge in [-0.25, -0.2) is 0 Å². The van der Waals surface area contributed by atoms with Gasteiger partial charge < -0.3 is 15.9 Å². The molecule has 0 aliphatic rings. The Morgan fingerprint density at radius 1 is 1.14 bits per heavy atom. The standard InChI is InChI=1S/C15H14IN3O2/c16-12-6-8-13(9-7-12)18-14(20)10-21-19-15(17)11-4-2-1-3-5-11/h1-9H,10H2,(H2,17,19)(H,18,20). The maximum Gasteiger partial charge on any atom is 0.265 e. The van der Waals surface area contributed by atoms with Gasteiger partial charge in [-0.1, -0.05) is 35.5 Å². The predicted octanol–water partition coefficient (Wildman–Crippen LogP) is 2.57. The molecule has 0 unspecified atom stereocenters. The van der Waals surface area contributed by atoms with Gasteiger partial charge in [0.2, 0.25) is 0 Å². The van der Waals surface area contributed by atoms with E-state index in [0.717, 1.165) is 9.13 Å². The fourth-order valence-electron chi connectivity index (χ4n) is 1.55. The van der Waals surface area contributed by atoms with Crippen LogP contribution in [0.25, 0.3) is 0 Å². The second kappa shape index (κ2) is 7.63. The summed E-state index contributed by atoms with van der Waals surface area (Å²) >= 11 is 2.20. The quantitative estimate of drug-likeness (QED) is 0.354. The fourth-order valence-corrected chi connectivity index (χ4v) is 1.91. The van der Waals surface area contributed by atoms with Gasteiger partial charge in [0, 0.05) is 14.8 Å². The van der Waals surface area contributed by atoms with Crippen LogP contribution >= 0.6 is 22.6 Å². The van der Waals surface area contributed by atoms with Crippen LogP contribution in [0.4, 0.5) is 5.69 Å². The van der Waals surface area contributed by atoms with Crippen molar-refractivity contribution in [1.82, 2.24) is 0 Å². The van der Waals surface area contributed by atoms with E-state index in [2.05, 4.69) is 33.1 Å². The zero-order valence-electron chi connectivity index (χ0n) is 11.1. The molecule has 0 bridgehead atoms. The zero-order valence-corrected chi connectivity index (χ0v) is 13.3. The summed E-state index contributed by atoms with van der Waals surface area (Å²) in [6, 6.07) is 16.7. The van der Waals surface area contributed by atoms with Crippen LogP contribution in [0.2, 0.25) is 0 Å². The molecule has 0 fully saturated rings. The molecule has 0 saturated heterocycles. The summed E-state index contributed by atoms with van der Waals surface area (Å²) in [5.41, 5.74) is 7.20. The van der Waals surface area contributed by atoms with E-state index in [4.69, 9.17) is 10.6 Å². The number of amides is 1. The van der Waals surface area contributed by atoms with Crippen LogP contribution in [0.1, 0.15) is 5.56 Å². The molecule has 0 saturated carbocycles. The number of nitrogens with one attached hydrogen (secondary N) is 1. The van der Waals surface area contributed by atoms with Gasteiger partial charge in [0.15, 0.2) is 12.4 Å². The number of carbonyl (C=O) groups excluding carboxylic acids is 1. The first kappa shape index (κ1) is 15.3. The van der Waals surface area contributed by atoms with Crippen LogP contribution in [0.3, 0.4) is 0 Å². The summed E-state index contributed by atoms with van der Waals surface area (Å²) in [5.74, 6) is -0.0570. The lowest BCUT2D eigenvalue weighted by atomic mass is 10.2. The Hall–Kier alpha value is -2.09. The second-order valence-corrected chi connectivity index (χ2v) is 5.42. The van der Waals surface area contributed by atoms with Gasteiger partial charge in [-0.15, -0.1) is 0 Å². The molecule has 21 heavy (non-hydrogen) atoms. The molecule has 2 aromatic carbocycles. The van der Waals surface area contributed by atoms with E-state index in [-0.39, 0.29) is 18.3 Å². The minimum absolute atomic E-state index is 0.195. The highest BCUT2D eigenvalue weighted by Gasteiger charge is 2.03. The monoisotopic (exact) mass is 395 g/mol. The van der Waals surface area contributed by atoms with Crippen LogP contribution in [0.5, 0.6) is 0 Å². The van der Waals surface area contributed by atoms with Gasteiger partial charge in [0.1, 0.15) is 0 Å². The number of hydrogen-bond donors (Lipinski definition) is 2. The van der Waals surface area contributed by atoms with E-state index >= 15 is 0 Å². The van der Waals surface area contributed by atoms with Crippen LogP contribution < -0.4 is 11.1 Å². The Morgan fingerprint density at radius 3 is 2.48 bits per heavy atom. The Balaban J connectivity index is 1.83. The number of benzene rings is 2. The van der Waals surface area contributed by atoms with Gasteiger partial charge in [-0.3, -0.25) is 4.79 Å². The van der Waals surface area contributed by atoms with Gasteiger partial charge >= 0.3 is 0 Å². The third-order valence-corrected chi connectivity index (χ3v) is 3.28. The van der Waals surface area contributed by atoms with Crippen molar-refractivity contribution in [2.24, 2.45) is 10.9 Å². The molecule has 1 amide bonds. The molecule has 108 valence electrons. The summed E-state index contributed by atoms with van der Waals surface area (Å²) in [6.07, 6.45) is 0. The number of amidine groups is 1. The molecule has 0 radical (unpaired) electrons. The molecule has 2 aromatic rings. The van der Waals surface area contributed by atoms with E-state index in [9.17, 15) is 4.79 Å². The van der Waals surface area contributed by atoms with Gasteiger partial charge in [0.25, 0.3) is 5.91 Å². The van der Waals surface area contributed by atoms with E-state index in [1.54, 1.807) is 0 Å². The van der Waals surface area contributed by atoms with E-state index in [1.165, 1.54) is 0 Å². The second-order valence-electron chi connectivity index (χ2n) is 4.17. The van der Waals surface area contributed by atoms with Crippen molar-refractivity contribution >= 4 is 40.0 Å². The normalized spacial score (nSPS) is 11.0. The molecule has 2 rings (SSSR count). The highest BCUT2D eigenvalue weighted by Crippen LogP contribution is 2.10. The first-order valence-electron chi connectivity index (χ1n) is 6.21. The molecular weight excluding hydrogens is 381 g/mol. The van der Waals surface area contributed by atoms with Crippen molar-refractivity contribution in [3.8, 4) is 0 Å². The van der Waals surface area contributed by atoms with Crippen molar-refractivity contribution in [2.45, 2.75) is 0 Å². The smallest absolute Gasteiger partial charge is 0.265 e. The van der Waals surface area contributed by atoms with Gasteiger partial charge in [0.05, 0.1) is 0 Å². The Bertz CT molecular complexity index is 627. The number of carbonyl (C=O) groups is 1. The number of anilines is 1. The summed E-state index contributed by atoms with van der Waals surface area (Å²) in [4.78, 5) is 16.6. The number of oxime groups is 1. The number of nitrogens with two attached hydrogens (primary N) is 1. The lowest BCUT2D eigenvalue weighted by Crippen LogP contribution is -2.19. The molecule has 0 aliphatic carbocycles. The van der Waals surface area contributed by atoms with Crippen LogP contribution in [0.15, 0.2) is 59.8 Å². The molecule has 0 spiro atoms. The average Bonchev–Trinajstić information content (AvgIpc) is 2.50. The van der Waals surface area contributed by atoms with E-state index in [1.807, 2.05) is 54.6 Å². The van der Waals surface area contributed by atoms with Crippen molar-refractivity contribution in [2.75, 3.05) is 11.9 Å². The molecule has 6 heteroatoms. The van der Waals surface area contributed by atoms with Crippen molar-refractivity contribution < 1.29 is 9.63 Å². The Labute approximate surface area is 136 Å². The fraction of sp³-hybridized carbons (Fsp3) is 0.0667. The molecule has 5 nitrogen and oxygen atoms in total. The minimum atomic E-state index is -0.291. The molecule has 0 aliphatic heterocycles. The van der Waals surface area contributed by atoms with E-state index in [0.29, 0.717) is 5.69 Å². The summed E-state index contributed by atoms with van der Waals surface area (Å²) < 4.78 is 1.10. The Morgan fingerprint density at radius 2 is 1.81 bits per heavy atom. The highest BCUT2D eigenvalue weighted by molar-refractivity contribution is 14.1. The van der Waals surface area contributed by atoms with Crippen molar-refractivity contribution in [1.29, 1.82) is 0 Å². The lowest BCUT2D eigenvalue weighted by molar-refractivity contribution is -0.120. The molecular formula is C15H14IN3O2. The van der Waals surface area contributed by atoms with Crippen molar-refractivity contribution in [3.05, 3.63) is 63.7 Å². The number of halogens is 1. The first-order chi connectivity index (χ1) is 10.1. The maximum atomic E-state index is 11.7. The van der Waals surface area contributed by atoms with Gasteiger partial charge in [-0.05, 0) is 46.9 Å². The SMILES string of the molecule is N/C(=N\OCC(=O)Nc1ccc(I)cc1)c1ccccc1. The zero-order chi connectivity index (χ0) is 15.1. The average molecular weight is 395 g/mol. The van der Waals surface area contributed by atoms with Crippen LogP contribution in [-0.2, 0) is 9.63 Å². The summed E-state index contributed by atoms with van der Waals surface area (Å²) in [5, 5.41) is 6.43. The number of nitrogens with zero attached hydrogens (tertiary/aromatic N) is 1. The number of rotatable bonds is 5. The third kappa shape index (κ3) is 5.07. The predicted molar refractivity (Wildman–Crippen MR) is 90.9 cm³/mol. The van der Waals surface area contributed by atoms with E-state index < -0.39 is 0 Å². The first-order valence-corrected chi connectivity index (χ1v) is 7.29. The Kier molecular flexibility index (Phi) is 5.56. The molecule has 0 atom stereocenters. The molecule has 0 heterocycles. The summed E-state index contributed by atoms with van der Waals surface area (Å²) in [6.45, 7) is -0.195. The number of hydrogen-bond acceptors (Lipinski definition) is 3. The molecule has 0 aromatic heterocycles. The van der Waals surface area contributed by atoms with Gasteiger partial charge in [-0.2, -0.15) is 0 Å². The largest absolute Gasteiger partial charge is 0.384 e. The third-order valence-electron chi connectivity index (χ3n) is 2.56. The topological polar surface area (TPSA) is 76.7 Å². The molecule has 3 N–H and O–H groups in total. The summed E-state index contributed by atoms with van der Waals surface area (Å²) in [7, 11) is 0. The maximum absolute atomic E-state index is 11.7. The lowest BCUT2D eigenvalue weighted by Gasteiger charge is -2.05.